The topological polar surface area (TPSA) is 48.9 Å². The van der Waals surface area contributed by atoms with Crippen molar-refractivity contribution in [2.24, 2.45) is 4.99 Å². The monoisotopic (exact) mass is 528 g/mol. The van der Waals surface area contributed by atoms with Crippen LogP contribution in [0, 0.1) is 0 Å². The lowest BCUT2D eigenvalue weighted by molar-refractivity contribution is -0.0495. The van der Waals surface area contributed by atoms with Gasteiger partial charge in [0.05, 0.1) is 5.69 Å². The molecule has 0 radical (unpaired) electrons. The van der Waals surface area contributed by atoms with Gasteiger partial charge in [0.2, 0.25) is 0 Å². The predicted molar refractivity (Wildman–Crippen MR) is 126 cm³/mol. The quantitative estimate of drug-likeness (QED) is 0.335. The van der Waals surface area contributed by atoms with Gasteiger partial charge in [-0.1, -0.05) is 42.5 Å². The van der Waals surface area contributed by atoms with E-state index in [0.29, 0.717) is 24.2 Å². The van der Waals surface area contributed by atoms with Crippen LogP contribution >= 0.6 is 24.0 Å². The second-order valence-electron chi connectivity index (χ2n) is 7.50. The van der Waals surface area contributed by atoms with Gasteiger partial charge in [-0.05, 0) is 30.5 Å². The van der Waals surface area contributed by atoms with E-state index in [9.17, 15) is 8.78 Å². The van der Waals surface area contributed by atoms with E-state index in [1.54, 1.807) is 19.2 Å². The molecule has 3 unspecified atom stereocenters. The minimum Gasteiger partial charge on any atom is -0.433 e. The third-order valence-electron chi connectivity index (χ3n) is 5.51. The van der Waals surface area contributed by atoms with E-state index in [4.69, 9.17) is 0 Å². The number of nitrogens with one attached hydrogen (secondary N) is 2. The van der Waals surface area contributed by atoms with Crippen LogP contribution in [0.5, 0.6) is 5.75 Å². The molecule has 3 atom stereocenters. The Kier molecular flexibility index (Phi) is 7.74. The van der Waals surface area contributed by atoms with Gasteiger partial charge in [-0.3, -0.25) is 4.99 Å². The average molecular weight is 528 g/mol. The number of benzene rings is 2. The van der Waals surface area contributed by atoms with Gasteiger partial charge in [0.15, 0.2) is 5.96 Å². The van der Waals surface area contributed by atoms with Crippen LogP contribution in [0.15, 0.2) is 59.6 Å². The van der Waals surface area contributed by atoms with Gasteiger partial charge in [-0.25, -0.2) is 0 Å². The standard InChI is InChI=1S/C22H26F2N4O.HI/c1-25-22(27-18-13-17(18)15-7-3-2-4-8-15)26-16-11-12-28(14-16)19-9-5-6-10-20(19)29-21(23)24;/h2-10,16-18,21H,11-14H2,1H3,(H2,25,26,27);1H. The second kappa shape index (κ2) is 10.3. The van der Waals surface area contributed by atoms with Gasteiger partial charge in [-0.15, -0.1) is 24.0 Å². The lowest BCUT2D eigenvalue weighted by Crippen LogP contribution is -2.45. The number of para-hydroxylation sites is 2. The number of aliphatic imine (C=N–C) groups is 1. The summed E-state index contributed by atoms with van der Waals surface area (Å²) >= 11 is 0. The molecule has 0 bridgehead atoms. The van der Waals surface area contributed by atoms with Crippen LogP contribution in [-0.4, -0.2) is 44.8 Å². The number of hydrogen-bond acceptors (Lipinski definition) is 3. The average Bonchev–Trinajstić information content (AvgIpc) is 3.35. The molecule has 4 rings (SSSR count). The van der Waals surface area contributed by atoms with E-state index in [-0.39, 0.29) is 35.8 Å². The first-order chi connectivity index (χ1) is 14.1. The van der Waals surface area contributed by atoms with Crippen molar-refractivity contribution in [3.8, 4) is 5.75 Å². The molecule has 2 aromatic carbocycles. The van der Waals surface area contributed by atoms with Crippen molar-refractivity contribution in [1.29, 1.82) is 0 Å². The Labute approximate surface area is 192 Å². The zero-order chi connectivity index (χ0) is 20.2. The predicted octanol–water partition coefficient (Wildman–Crippen LogP) is 4.21. The number of rotatable bonds is 6. The maximum Gasteiger partial charge on any atom is 0.387 e. The molecule has 2 aliphatic rings. The minimum absolute atomic E-state index is 0. The fourth-order valence-corrected chi connectivity index (χ4v) is 3.97. The van der Waals surface area contributed by atoms with E-state index >= 15 is 0 Å². The highest BCUT2D eigenvalue weighted by molar-refractivity contribution is 14.0. The highest BCUT2D eigenvalue weighted by atomic mass is 127. The fourth-order valence-electron chi connectivity index (χ4n) is 3.97. The van der Waals surface area contributed by atoms with Gasteiger partial charge in [0.1, 0.15) is 5.75 Å². The normalized spacial score (nSPS) is 23.1. The fraction of sp³-hybridized carbons (Fsp3) is 0.409. The van der Waals surface area contributed by atoms with Crippen molar-refractivity contribution in [1.82, 2.24) is 10.6 Å². The van der Waals surface area contributed by atoms with E-state index < -0.39 is 6.61 Å². The molecular formula is C22H27F2IN4O. The van der Waals surface area contributed by atoms with Crippen molar-refractivity contribution < 1.29 is 13.5 Å². The summed E-state index contributed by atoms with van der Waals surface area (Å²) < 4.78 is 30.1. The Morgan fingerprint density at radius 2 is 1.83 bits per heavy atom. The molecule has 8 heteroatoms. The lowest BCUT2D eigenvalue weighted by atomic mass is 10.1. The highest BCUT2D eigenvalue weighted by Gasteiger charge is 2.39. The Balaban J connectivity index is 0.00000256. The number of alkyl halides is 2. The molecule has 162 valence electrons. The summed E-state index contributed by atoms with van der Waals surface area (Å²) in [5.41, 5.74) is 2.05. The molecule has 1 aliphatic heterocycles. The minimum atomic E-state index is -2.83. The summed E-state index contributed by atoms with van der Waals surface area (Å²) in [5.74, 6) is 1.53. The van der Waals surface area contributed by atoms with E-state index in [2.05, 4.69) is 49.5 Å². The number of hydrogen-bond donors (Lipinski definition) is 2. The van der Waals surface area contributed by atoms with Gasteiger partial charge < -0.3 is 20.3 Å². The third kappa shape index (κ3) is 5.53. The molecule has 30 heavy (non-hydrogen) atoms. The largest absolute Gasteiger partial charge is 0.433 e. The Hall–Kier alpha value is -2.10. The highest BCUT2D eigenvalue weighted by Crippen LogP contribution is 2.40. The van der Waals surface area contributed by atoms with E-state index in [1.165, 1.54) is 5.56 Å². The molecule has 2 fully saturated rings. The summed E-state index contributed by atoms with van der Waals surface area (Å²) in [7, 11) is 1.77. The smallest absolute Gasteiger partial charge is 0.387 e. The van der Waals surface area contributed by atoms with E-state index in [1.807, 2.05) is 18.2 Å². The van der Waals surface area contributed by atoms with Gasteiger partial charge in [0, 0.05) is 38.1 Å². The molecule has 1 aliphatic carbocycles. The SMILES string of the molecule is CN=C(NC1CCN(c2ccccc2OC(F)F)C1)NC1CC1c1ccccc1.I. The zero-order valence-corrected chi connectivity index (χ0v) is 19.1. The molecule has 0 aromatic heterocycles. The van der Waals surface area contributed by atoms with Crippen molar-refractivity contribution in [3.63, 3.8) is 0 Å². The Bertz CT molecular complexity index is 852. The summed E-state index contributed by atoms with van der Waals surface area (Å²) in [6.45, 7) is -1.35. The summed E-state index contributed by atoms with van der Waals surface area (Å²) in [4.78, 5) is 6.44. The molecule has 2 aromatic rings. The van der Waals surface area contributed by atoms with Crippen molar-refractivity contribution in [2.45, 2.75) is 37.5 Å². The summed E-state index contributed by atoms with van der Waals surface area (Å²) in [6.07, 6.45) is 2.00. The molecule has 1 heterocycles. The maximum atomic E-state index is 12.7. The summed E-state index contributed by atoms with van der Waals surface area (Å²) in [6, 6.07) is 18.0. The number of nitrogens with zero attached hydrogens (tertiary/aromatic N) is 2. The van der Waals surface area contributed by atoms with Crippen LogP contribution in [0.2, 0.25) is 0 Å². The molecule has 0 amide bonds. The molecule has 1 saturated heterocycles. The zero-order valence-electron chi connectivity index (χ0n) is 16.8. The van der Waals surface area contributed by atoms with Crippen LogP contribution in [0.25, 0.3) is 0 Å². The first-order valence-electron chi connectivity index (χ1n) is 9.97. The Morgan fingerprint density at radius 1 is 1.10 bits per heavy atom. The third-order valence-corrected chi connectivity index (χ3v) is 5.51. The van der Waals surface area contributed by atoms with Crippen LogP contribution in [0.4, 0.5) is 14.5 Å². The molecular weight excluding hydrogens is 501 g/mol. The number of ether oxygens (including phenoxy) is 1. The van der Waals surface area contributed by atoms with Crippen molar-refractivity contribution in [2.75, 3.05) is 25.0 Å². The molecule has 2 N–H and O–H groups in total. The number of anilines is 1. The maximum absolute atomic E-state index is 12.7. The van der Waals surface area contributed by atoms with Crippen LogP contribution in [-0.2, 0) is 0 Å². The molecule has 0 spiro atoms. The first-order valence-corrected chi connectivity index (χ1v) is 9.97. The second-order valence-corrected chi connectivity index (χ2v) is 7.50. The van der Waals surface area contributed by atoms with Crippen molar-refractivity contribution in [3.05, 3.63) is 60.2 Å². The van der Waals surface area contributed by atoms with Crippen LogP contribution in [0.1, 0.15) is 24.3 Å². The van der Waals surface area contributed by atoms with Gasteiger partial charge in [-0.2, -0.15) is 8.78 Å². The lowest BCUT2D eigenvalue weighted by Gasteiger charge is -2.22. The van der Waals surface area contributed by atoms with Crippen LogP contribution < -0.4 is 20.3 Å². The van der Waals surface area contributed by atoms with Gasteiger partial charge in [0.25, 0.3) is 0 Å². The number of halogens is 3. The van der Waals surface area contributed by atoms with Crippen molar-refractivity contribution >= 4 is 35.6 Å². The number of guanidine groups is 1. The molecule has 1 saturated carbocycles. The Morgan fingerprint density at radius 3 is 2.57 bits per heavy atom. The van der Waals surface area contributed by atoms with Crippen LogP contribution in [0.3, 0.4) is 0 Å². The summed E-state index contributed by atoms with van der Waals surface area (Å²) in [5, 5.41) is 6.98. The van der Waals surface area contributed by atoms with Gasteiger partial charge >= 0.3 is 6.61 Å². The van der Waals surface area contributed by atoms with E-state index in [0.717, 1.165) is 25.3 Å². The first kappa shape index (κ1) is 22.6. The molecule has 5 nitrogen and oxygen atoms in total.